The van der Waals surface area contributed by atoms with Gasteiger partial charge in [-0.25, -0.2) is 8.42 Å². The van der Waals surface area contributed by atoms with E-state index in [2.05, 4.69) is 4.90 Å². The van der Waals surface area contributed by atoms with Crippen LogP contribution in [0.2, 0.25) is 0 Å². The molecule has 0 radical (unpaired) electrons. The lowest BCUT2D eigenvalue weighted by Crippen LogP contribution is -2.53. The fourth-order valence-corrected chi connectivity index (χ4v) is 3.98. The van der Waals surface area contributed by atoms with Gasteiger partial charge < -0.3 is 14.4 Å². The third-order valence-corrected chi connectivity index (χ3v) is 5.09. The van der Waals surface area contributed by atoms with Crippen molar-refractivity contribution >= 4 is 10.0 Å². The SMILES string of the molecule is CN(C)CCO[C@@H]1CC[C@@H]2[C@H]1OCCN2S(C)(=O)=O. The number of morpholine rings is 1. The Morgan fingerprint density at radius 1 is 1.37 bits per heavy atom. The second-order valence-corrected chi connectivity index (χ2v) is 7.50. The van der Waals surface area contributed by atoms with Crippen molar-refractivity contribution in [2.45, 2.75) is 31.1 Å². The van der Waals surface area contributed by atoms with Gasteiger partial charge in [-0.15, -0.1) is 0 Å². The van der Waals surface area contributed by atoms with Gasteiger partial charge >= 0.3 is 0 Å². The minimum atomic E-state index is -3.15. The van der Waals surface area contributed by atoms with Crippen molar-refractivity contribution in [1.82, 2.24) is 9.21 Å². The molecule has 0 aromatic heterocycles. The predicted molar refractivity (Wildman–Crippen MR) is 72.6 cm³/mol. The molecule has 7 heteroatoms. The Kier molecular flexibility index (Phi) is 4.84. The minimum Gasteiger partial charge on any atom is -0.374 e. The van der Waals surface area contributed by atoms with E-state index in [4.69, 9.17) is 9.47 Å². The summed E-state index contributed by atoms with van der Waals surface area (Å²) in [5.74, 6) is 0. The Balaban J connectivity index is 1.94. The van der Waals surface area contributed by atoms with Crippen LogP contribution in [-0.4, -0.2) is 82.5 Å². The average molecular weight is 292 g/mol. The first-order valence-electron chi connectivity index (χ1n) is 6.74. The number of hydrogen-bond donors (Lipinski definition) is 0. The monoisotopic (exact) mass is 292 g/mol. The highest BCUT2D eigenvalue weighted by molar-refractivity contribution is 7.88. The molecule has 1 saturated heterocycles. The van der Waals surface area contributed by atoms with E-state index in [-0.39, 0.29) is 18.2 Å². The van der Waals surface area contributed by atoms with Crippen molar-refractivity contribution < 1.29 is 17.9 Å². The second kappa shape index (κ2) is 6.05. The lowest BCUT2D eigenvalue weighted by Gasteiger charge is -2.37. The van der Waals surface area contributed by atoms with Gasteiger partial charge in [0.15, 0.2) is 0 Å². The van der Waals surface area contributed by atoms with Crippen molar-refractivity contribution in [3.63, 3.8) is 0 Å². The summed E-state index contributed by atoms with van der Waals surface area (Å²) in [7, 11) is 0.859. The number of sulfonamides is 1. The molecule has 112 valence electrons. The zero-order chi connectivity index (χ0) is 14.0. The Morgan fingerprint density at radius 2 is 2.11 bits per heavy atom. The standard InChI is InChI=1S/C12H24N2O4S/c1-13(2)6-8-17-11-5-4-10-12(11)18-9-7-14(10)19(3,15)16/h10-12H,4-9H2,1-3H3/t10-,11-,12-/m1/s1. The molecule has 0 aromatic carbocycles. The normalized spacial score (nSPS) is 32.7. The summed E-state index contributed by atoms with van der Waals surface area (Å²) in [5.41, 5.74) is 0. The summed E-state index contributed by atoms with van der Waals surface area (Å²) >= 11 is 0. The summed E-state index contributed by atoms with van der Waals surface area (Å²) in [5, 5.41) is 0. The number of rotatable bonds is 5. The van der Waals surface area contributed by atoms with Crippen LogP contribution < -0.4 is 0 Å². The van der Waals surface area contributed by atoms with E-state index < -0.39 is 10.0 Å². The fourth-order valence-electron chi connectivity index (χ4n) is 2.86. The molecule has 3 atom stereocenters. The maximum atomic E-state index is 11.8. The predicted octanol–water partition coefficient (Wildman–Crippen LogP) is -0.244. The van der Waals surface area contributed by atoms with Crippen LogP contribution in [0.25, 0.3) is 0 Å². The van der Waals surface area contributed by atoms with Crippen LogP contribution in [0.4, 0.5) is 0 Å². The molecule has 6 nitrogen and oxygen atoms in total. The Bertz CT molecular complexity index is 399. The van der Waals surface area contributed by atoms with Crippen LogP contribution in [0.15, 0.2) is 0 Å². The molecule has 0 N–H and O–H groups in total. The molecule has 1 saturated carbocycles. The molecule has 0 amide bonds. The number of hydrogen-bond acceptors (Lipinski definition) is 5. The first-order chi connectivity index (χ1) is 8.89. The zero-order valence-corrected chi connectivity index (χ0v) is 12.7. The molecule has 0 bridgehead atoms. The van der Waals surface area contributed by atoms with Crippen LogP contribution in [0.5, 0.6) is 0 Å². The maximum Gasteiger partial charge on any atom is 0.211 e. The quantitative estimate of drug-likeness (QED) is 0.700. The first-order valence-corrected chi connectivity index (χ1v) is 8.59. The average Bonchev–Trinajstić information content (AvgIpc) is 2.70. The third-order valence-electron chi connectivity index (χ3n) is 3.78. The van der Waals surface area contributed by atoms with E-state index in [1.807, 2.05) is 14.1 Å². The van der Waals surface area contributed by atoms with Gasteiger partial charge in [-0.3, -0.25) is 0 Å². The van der Waals surface area contributed by atoms with E-state index in [0.29, 0.717) is 19.8 Å². The molecular weight excluding hydrogens is 268 g/mol. The summed E-state index contributed by atoms with van der Waals surface area (Å²) in [6, 6.07) is -0.0480. The van der Waals surface area contributed by atoms with E-state index in [0.717, 1.165) is 19.4 Å². The fraction of sp³-hybridized carbons (Fsp3) is 1.00. The molecule has 0 spiro atoms. The van der Waals surface area contributed by atoms with E-state index >= 15 is 0 Å². The molecular formula is C12H24N2O4S. The summed E-state index contributed by atoms with van der Waals surface area (Å²) in [6.45, 7) is 2.44. The van der Waals surface area contributed by atoms with E-state index in [9.17, 15) is 8.42 Å². The molecule has 2 aliphatic rings. The van der Waals surface area contributed by atoms with Gasteiger partial charge in [0.05, 0.1) is 31.6 Å². The van der Waals surface area contributed by atoms with Crippen molar-refractivity contribution in [3.8, 4) is 0 Å². The maximum absolute atomic E-state index is 11.8. The molecule has 0 unspecified atom stereocenters. The second-order valence-electron chi connectivity index (χ2n) is 5.57. The van der Waals surface area contributed by atoms with Crippen LogP contribution >= 0.6 is 0 Å². The van der Waals surface area contributed by atoms with Gasteiger partial charge in [-0.05, 0) is 26.9 Å². The smallest absolute Gasteiger partial charge is 0.211 e. The Hall–Kier alpha value is -0.210. The molecule has 19 heavy (non-hydrogen) atoms. The van der Waals surface area contributed by atoms with E-state index in [1.165, 1.54) is 6.26 Å². The zero-order valence-electron chi connectivity index (χ0n) is 11.9. The molecule has 2 rings (SSSR count). The van der Waals surface area contributed by atoms with Gasteiger partial charge in [0.25, 0.3) is 0 Å². The van der Waals surface area contributed by atoms with Gasteiger partial charge in [0.1, 0.15) is 6.10 Å². The van der Waals surface area contributed by atoms with Gasteiger partial charge in [-0.1, -0.05) is 0 Å². The van der Waals surface area contributed by atoms with Gasteiger partial charge in [0, 0.05) is 13.1 Å². The Labute approximate surface area is 115 Å². The molecule has 1 aliphatic heterocycles. The molecule has 1 heterocycles. The number of likely N-dealkylation sites (N-methyl/N-ethyl adjacent to an activating group) is 1. The molecule has 0 aromatic rings. The molecule has 2 fully saturated rings. The number of fused-ring (bicyclic) bond motifs is 1. The number of nitrogens with zero attached hydrogens (tertiary/aromatic N) is 2. The summed E-state index contributed by atoms with van der Waals surface area (Å²) in [4.78, 5) is 2.07. The van der Waals surface area contributed by atoms with Gasteiger partial charge in [0.2, 0.25) is 10.0 Å². The first kappa shape index (κ1) is 15.2. The summed E-state index contributed by atoms with van der Waals surface area (Å²) < 4.78 is 36.7. The minimum absolute atomic E-state index is 0.0227. The van der Waals surface area contributed by atoms with Crippen molar-refractivity contribution in [2.75, 3.05) is 46.7 Å². The highest BCUT2D eigenvalue weighted by atomic mass is 32.2. The van der Waals surface area contributed by atoms with Crippen LogP contribution in [-0.2, 0) is 19.5 Å². The third kappa shape index (κ3) is 3.66. The summed E-state index contributed by atoms with van der Waals surface area (Å²) in [6.07, 6.45) is 2.88. The van der Waals surface area contributed by atoms with Crippen LogP contribution in [0, 0.1) is 0 Å². The van der Waals surface area contributed by atoms with Crippen LogP contribution in [0.3, 0.4) is 0 Å². The van der Waals surface area contributed by atoms with Crippen molar-refractivity contribution in [1.29, 1.82) is 0 Å². The Morgan fingerprint density at radius 3 is 2.74 bits per heavy atom. The van der Waals surface area contributed by atoms with Crippen molar-refractivity contribution in [2.24, 2.45) is 0 Å². The lowest BCUT2D eigenvalue weighted by molar-refractivity contribution is -0.0970. The van der Waals surface area contributed by atoms with Crippen molar-refractivity contribution in [3.05, 3.63) is 0 Å². The highest BCUT2D eigenvalue weighted by Gasteiger charge is 2.46. The lowest BCUT2D eigenvalue weighted by atomic mass is 10.1. The van der Waals surface area contributed by atoms with Crippen LogP contribution in [0.1, 0.15) is 12.8 Å². The highest BCUT2D eigenvalue weighted by Crippen LogP contribution is 2.33. The van der Waals surface area contributed by atoms with E-state index in [1.54, 1.807) is 4.31 Å². The number of ether oxygens (including phenoxy) is 2. The molecule has 1 aliphatic carbocycles. The van der Waals surface area contributed by atoms with Gasteiger partial charge in [-0.2, -0.15) is 4.31 Å². The largest absolute Gasteiger partial charge is 0.374 e. The topological polar surface area (TPSA) is 59.1 Å².